The van der Waals surface area contributed by atoms with E-state index in [0.29, 0.717) is 33.8 Å². The van der Waals surface area contributed by atoms with Crippen LogP contribution in [0.15, 0.2) is 66.7 Å². The van der Waals surface area contributed by atoms with Gasteiger partial charge in [0, 0.05) is 13.0 Å². The van der Waals surface area contributed by atoms with E-state index in [4.69, 9.17) is 0 Å². The molecule has 0 spiro atoms. The summed E-state index contributed by atoms with van der Waals surface area (Å²) in [6.45, 7) is 1.38. The Bertz CT molecular complexity index is 1320. The van der Waals surface area contributed by atoms with Gasteiger partial charge in [-0.05, 0) is 48.0 Å². The van der Waals surface area contributed by atoms with Gasteiger partial charge >= 0.3 is 6.18 Å². The number of hydrogen-bond acceptors (Lipinski definition) is 2. The molecule has 1 heterocycles. The summed E-state index contributed by atoms with van der Waals surface area (Å²) < 4.78 is 54.1. The Labute approximate surface area is 180 Å². The van der Waals surface area contributed by atoms with Gasteiger partial charge in [0.05, 0.1) is 28.0 Å². The third kappa shape index (κ3) is 4.39. The minimum absolute atomic E-state index is 0.269. The molecule has 0 radical (unpaired) electrons. The monoisotopic (exact) mass is 439 g/mol. The van der Waals surface area contributed by atoms with Crippen LogP contribution in [0.25, 0.3) is 28.9 Å². The second kappa shape index (κ2) is 8.30. The lowest BCUT2D eigenvalue weighted by atomic mass is 10.1. The molecular formula is C24H17F4N3O. The Kier molecular flexibility index (Phi) is 5.52. The van der Waals surface area contributed by atoms with E-state index >= 15 is 0 Å². The Morgan fingerprint density at radius 2 is 1.72 bits per heavy atom. The first-order valence-corrected chi connectivity index (χ1v) is 9.63. The van der Waals surface area contributed by atoms with Gasteiger partial charge in [-0.3, -0.25) is 9.36 Å². The van der Waals surface area contributed by atoms with Gasteiger partial charge in [0.2, 0.25) is 5.91 Å². The summed E-state index contributed by atoms with van der Waals surface area (Å²) in [4.78, 5) is 16.2. The SMILES string of the molecule is CC(=O)Nc1ccccc1-n1c(/C=C/c2ccc(C(F)(F)F)cc2)nc2ccc(F)cc21. The van der Waals surface area contributed by atoms with Gasteiger partial charge in [0.25, 0.3) is 0 Å². The van der Waals surface area contributed by atoms with Gasteiger partial charge in [-0.2, -0.15) is 13.2 Å². The number of carbonyl (C=O) groups excluding carboxylic acids is 1. The lowest BCUT2D eigenvalue weighted by molar-refractivity contribution is -0.137. The topological polar surface area (TPSA) is 46.9 Å². The number of rotatable bonds is 4. The first-order valence-electron chi connectivity index (χ1n) is 9.63. The highest BCUT2D eigenvalue weighted by Gasteiger charge is 2.29. The van der Waals surface area contributed by atoms with E-state index in [1.165, 1.54) is 37.3 Å². The third-order valence-corrected chi connectivity index (χ3v) is 4.76. The van der Waals surface area contributed by atoms with Crippen LogP contribution in [0, 0.1) is 5.82 Å². The van der Waals surface area contributed by atoms with Crippen molar-refractivity contribution in [3.8, 4) is 5.69 Å². The van der Waals surface area contributed by atoms with Gasteiger partial charge in [0.1, 0.15) is 11.6 Å². The van der Waals surface area contributed by atoms with Crippen molar-refractivity contribution in [1.82, 2.24) is 9.55 Å². The van der Waals surface area contributed by atoms with Crippen molar-refractivity contribution in [3.05, 3.63) is 89.5 Å². The van der Waals surface area contributed by atoms with E-state index in [-0.39, 0.29) is 5.91 Å². The van der Waals surface area contributed by atoms with Crippen LogP contribution < -0.4 is 5.32 Å². The summed E-state index contributed by atoms with van der Waals surface area (Å²) in [5.74, 6) is -0.299. The number of halogens is 4. The average Bonchev–Trinajstić information content (AvgIpc) is 3.09. The van der Waals surface area contributed by atoms with Crippen molar-refractivity contribution in [2.45, 2.75) is 13.1 Å². The number of fused-ring (bicyclic) bond motifs is 1. The number of anilines is 1. The minimum Gasteiger partial charge on any atom is -0.325 e. The molecule has 0 atom stereocenters. The van der Waals surface area contributed by atoms with Gasteiger partial charge in [0.15, 0.2) is 0 Å². The van der Waals surface area contributed by atoms with Crippen molar-refractivity contribution in [2.75, 3.05) is 5.32 Å². The predicted octanol–water partition coefficient (Wildman–Crippen LogP) is 6.31. The summed E-state index contributed by atoms with van der Waals surface area (Å²) >= 11 is 0. The Balaban J connectivity index is 1.83. The standard InChI is InChI=1S/C24H17F4N3O/c1-15(32)29-19-4-2-3-5-21(19)31-22-14-18(25)11-12-20(22)30-23(31)13-8-16-6-9-17(10-7-16)24(26,27)28/h2-14H,1H3,(H,29,32)/b13-8+. The molecule has 1 N–H and O–H groups in total. The molecule has 4 aromatic rings. The molecular weight excluding hydrogens is 422 g/mol. The molecule has 3 aromatic carbocycles. The van der Waals surface area contributed by atoms with E-state index < -0.39 is 17.6 Å². The molecule has 0 saturated carbocycles. The van der Waals surface area contributed by atoms with Crippen molar-refractivity contribution < 1.29 is 22.4 Å². The lowest BCUT2D eigenvalue weighted by Gasteiger charge is -2.13. The zero-order valence-electron chi connectivity index (χ0n) is 16.8. The Morgan fingerprint density at radius 3 is 2.41 bits per heavy atom. The quantitative estimate of drug-likeness (QED) is 0.379. The van der Waals surface area contributed by atoms with E-state index in [1.807, 2.05) is 0 Å². The maximum absolute atomic E-state index is 14.0. The van der Waals surface area contributed by atoms with Crippen LogP contribution in [0.5, 0.6) is 0 Å². The first kappa shape index (κ1) is 21.3. The van der Waals surface area contributed by atoms with Crippen molar-refractivity contribution >= 4 is 34.8 Å². The number of imidazole rings is 1. The van der Waals surface area contributed by atoms with Crippen molar-refractivity contribution in [2.24, 2.45) is 0 Å². The highest BCUT2D eigenvalue weighted by atomic mass is 19.4. The molecule has 4 rings (SSSR count). The minimum atomic E-state index is -4.41. The zero-order valence-corrected chi connectivity index (χ0v) is 16.8. The Hall–Kier alpha value is -3.94. The van der Waals surface area contributed by atoms with Crippen LogP contribution in [-0.4, -0.2) is 15.5 Å². The van der Waals surface area contributed by atoms with E-state index in [9.17, 15) is 22.4 Å². The summed E-state index contributed by atoms with van der Waals surface area (Å²) in [5.41, 5.74) is 1.89. The average molecular weight is 439 g/mol. The fourth-order valence-electron chi connectivity index (χ4n) is 3.35. The summed E-state index contributed by atoms with van der Waals surface area (Å²) in [6.07, 6.45) is -1.16. The number of hydrogen-bond donors (Lipinski definition) is 1. The third-order valence-electron chi connectivity index (χ3n) is 4.76. The summed E-state index contributed by atoms with van der Waals surface area (Å²) in [7, 11) is 0. The Morgan fingerprint density at radius 1 is 1.00 bits per heavy atom. The molecule has 32 heavy (non-hydrogen) atoms. The van der Waals surface area contributed by atoms with Gasteiger partial charge < -0.3 is 5.32 Å². The number of nitrogens with one attached hydrogen (secondary N) is 1. The van der Waals surface area contributed by atoms with Crippen LogP contribution in [0.2, 0.25) is 0 Å². The van der Waals surface area contributed by atoms with Gasteiger partial charge in [-0.25, -0.2) is 9.37 Å². The summed E-state index contributed by atoms with van der Waals surface area (Å²) in [5, 5.41) is 2.75. The first-order chi connectivity index (χ1) is 15.2. The highest BCUT2D eigenvalue weighted by molar-refractivity contribution is 5.92. The maximum atomic E-state index is 14.0. The second-order valence-electron chi connectivity index (χ2n) is 7.09. The maximum Gasteiger partial charge on any atom is 0.416 e. The molecule has 0 unspecified atom stereocenters. The largest absolute Gasteiger partial charge is 0.416 e. The van der Waals surface area contributed by atoms with Crippen molar-refractivity contribution in [3.63, 3.8) is 0 Å². The van der Waals surface area contributed by atoms with Crippen molar-refractivity contribution in [1.29, 1.82) is 0 Å². The molecule has 1 amide bonds. The highest BCUT2D eigenvalue weighted by Crippen LogP contribution is 2.30. The molecule has 0 saturated heterocycles. The number of nitrogens with zero attached hydrogens (tertiary/aromatic N) is 2. The second-order valence-corrected chi connectivity index (χ2v) is 7.09. The van der Waals surface area contributed by atoms with E-state index in [2.05, 4.69) is 10.3 Å². The van der Waals surface area contributed by atoms with Crippen LogP contribution in [0.4, 0.5) is 23.2 Å². The number of para-hydroxylation sites is 2. The van der Waals surface area contributed by atoms with E-state index in [1.54, 1.807) is 41.0 Å². The van der Waals surface area contributed by atoms with Crippen LogP contribution in [-0.2, 0) is 11.0 Å². The molecule has 162 valence electrons. The number of alkyl halides is 3. The zero-order chi connectivity index (χ0) is 22.9. The van der Waals surface area contributed by atoms with Gasteiger partial charge in [-0.1, -0.05) is 30.3 Å². The predicted molar refractivity (Wildman–Crippen MR) is 116 cm³/mol. The fourth-order valence-corrected chi connectivity index (χ4v) is 3.35. The number of aromatic nitrogens is 2. The molecule has 0 bridgehead atoms. The molecule has 0 fully saturated rings. The molecule has 4 nitrogen and oxygen atoms in total. The molecule has 0 aliphatic rings. The fraction of sp³-hybridized carbons (Fsp3) is 0.0833. The smallest absolute Gasteiger partial charge is 0.325 e. The van der Waals surface area contributed by atoms with Gasteiger partial charge in [-0.15, -0.1) is 0 Å². The number of benzene rings is 3. The normalized spacial score (nSPS) is 11.9. The molecule has 0 aliphatic carbocycles. The molecule has 0 aliphatic heterocycles. The van der Waals surface area contributed by atoms with E-state index in [0.717, 1.165) is 12.1 Å². The molecule has 8 heteroatoms. The van der Waals surface area contributed by atoms with Crippen LogP contribution >= 0.6 is 0 Å². The van der Waals surface area contributed by atoms with Crippen LogP contribution in [0.1, 0.15) is 23.9 Å². The van der Waals surface area contributed by atoms with Crippen LogP contribution in [0.3, 0.4) is 0 Å². The summed E-state index contributed by atoms with van der Waals surface area (Å²) in [6, 6.07) is 15.9. The number of amides is 1. The molecule has 1 aromatic heterocycles. The lowest BCUT2D eigenvalue weighted by Crippen LogP contribution is -2.09. The number of carbonyl (C=O) groups is 1.